The van der Waals surface area contributed by atoms with E-state index in [-0.39, 0.29) is 6.01 Å². The molecule has 3 aromatic heterocycles. The van der Waals surface area contributed by atoms with E-state index in [0.29, 0.717) is 16.7 Å². The van der Waals surface area contributed by atoms with E-state index in [4.69, 9.17) is 10.2 Å². The first-order chi connectivity index (χ1) is 9.29. The largest absolute Gasteiger partial charge is 0.424 e. The fourth-order valence-electron chi connectivity index (χ4n) is 1.97. The molecule has 0 atom stereocenters. The highest BCUT2D eigenvalue weighted by Gasteiger charge is 2.07. The maximum absolute atomic E-state index is 5.52. The van der Waals surface area contributed by atoms with Crippen LogP contribution < -0.4 is 5.73 Å². The topological polar surface area (TPSA) is 95.1 Å². The number of nitrogens with two attached hydrogens (primary N) is 1. The molecular weight excluding hydrogens is 244 g/mol. The van der Waals surface area contributed by atoms with Gasteiger partial charge in [0.15, 0.2) is 11.2 Å². The van der Waals surface area contributed by atoms with Crippen LogP contribution in [0, 0.1) is 0 Å². The minimum atomic E-state index is 0.157. The van der Waals surface area contributed by atoms with Crippen LogP contribution in [0.15, 0.2) is 41.1 Å². The van der Waals surface area contributed by atoms with E-state index >= 15 is 0 Å². The fourth-order valence-corrected chi connectivity index (χ4v) is 1.97. The second kappa shape index (κ2) is 3.52. The average Bonchev–Trinajstić information content (AvgIpc) is 3.01. The molecule has 92 valence electrons. The van der Waals surface area contributed by atoms with Gasteiger partial charge in [-0.25, -0.2) is 4.98 Å². The second-order valence-electron chi connectivity index (χ2n) is 4.06. The predicted octanol–water partition coefficient (Wildman–Crippen LogP) is 1.51. The van der Waals surface area contributed by atoms with Gasteiger partial charge in [-0.15, -0.1) is 4.63 Å². The molecule has 4 aromatic rings. The van der Waals surface area contributed by atoms with Gasteiger partial charge < -0.3 is 10.2 Å². The van der Waals surface area contributed by atoms with Crippen molar-refractivity contribution < 1.29 is 4.42 Å². The van der Waals surface area contributed by atoms with Crippen molar-refractivity contribution in [2.45, 2.75) is 0 Å². The Hall–Kier alpha value is -2.96. The lowest BCUT2D eigenvalue weighted by atomic mass is 10.1. The number of nitrogens with zero attached hydrogens (tertiary/aromatic N) is 5. The number of oxazole rings is 1. The van der Waals surface area contributed by atoms with Gasteiger partial charge >= 0.3 is 0 Å². The fraction of sp³-hybridized carbons (Fsp3) is 0. The lowest BCUT2D eigenvalue weighted by Gasteiger charge is -2.00. The van der Waals surface area contributed by atoms with Crippen molar-refractivity contribution in [3.8, 4) is 11.3 Å². The van der Waals surface area contributed by atoms with Crippen molar-refractivity contribution in [3.63, 3.8) is 0 Å². The van der Waals surface area contributed by atoms with Gasteiger partial charge in [0.05, 0.1) is 18.1 Å². The zero-order chi connectivity index (χ0) is 12.8. The van der Waals surface area contributed by atoms with Crippen LogP contribution >= 0.6 is 0 Å². The lowest BCUT2D eigenvalue weighted by Crippen LogP contribution is -1.96. The maximum atomic E-state index is 5.52. The third-order valence-electron chi connectivity index (χ3n) is 2.83. The molecule has 19 heavy (non-hydrogen) atoms. The minimum absolute atomic E-state index is 0.157. The van der Waals surface area contributed by atoms with Crippen LogP contribution in [-0.4, -0.2) is 24.8 Å². The van der Waals surface area contributed by atoms with Crippen LogP contribution in [0.5, 0.6) is 0 Å². The Balaban J connectivity index is 1.91. The Morgan fingerprint density at radius 2 is 2.05 bits per heavy atom. The van der Waals surface area contributed by atoms with Gasteiger partial charge in [-0.05, 0) is 18.2 Å². The Morgan fingerprint density at radius 1 is 1.11 bits per heavy atom. The lowest BCUT2D eigenvalue weighted by molar-refractivity contribution is 0.626. The summed E-state index contributed by atoms with van der Waals surface area (Å²) < 4.78 is 6.70. The molecule has 7 nitrogen and oxygen atoms in total. The molecule has 0 aliphatic heterocycles. The van der Waals surface area contributed by atoms with E-state index in [1.54, 1.807) is 18.5 Å². The van der Waals surface area contributed by atoms with Crippen molar-refractivity contribution in [1.82, 2.24) is 24.8 Å². The van der Waals surface area contributed by atoms with E-state index in [2.05, 4.69) is 20.2 Å². The molecule has 0 amide bonds. The molecular formula is C12H8N6O. The van der Waals surface area contributed by atoms with Gasteiger partial charge in [0.2, 0.25) is 0 Å². The number of benzene rings is 1. The van der Waals surface area contributed by atoms with Crippen molar-refractivity contribution in [3.05, 3.63) is 36.7 Å². The molecule has 0 aliphatic carbocycles. The molecule has 0 radical (unpaired) electrons. The number of hydrogen-bond donors (Lipinski definition) is 1. The Kier molecular flexibility index (Phi) is 1.85. The summed E-state index contributed by atoms with van der Waals surface area (Å²) in [6.07, 6.45) is 3.31. The van der Waals surface area contributed by atoms with Crippen LogP contribution in [-0.2, 0) is 0 Å². The zero-order valence-corrected chi connectivity index (χ0v) is 9.69. The van der Waals surface area contributed by atoms with Crippen LogP contribution in [0.4, 0.5) is 6.01 Å². The van der Waals surface area contributed by atoms with Crippen molar-refractivity contribution in [2.75, 3.05) is 5.73 Å². The van der Waals surface area contributed by atoms with E-state index in [9.17, 15) is 0 Å². The number of hydrogen-bond acceptors (Lipinski definition) is 6. The molecule has 0 unspecified atom stereocenters. The Morgan fingerprint density at radius 3 is 3.00 bits per heavy atom. The monoisotopic (exact) mass is 252 g/mol. The zero-order valence-electron chi connectivity index (χ0n) is 9.69. The summed E-state index contributed by atoms with van der Waals surface area (Å²) in [6, 6.07) is 7.53. The summed E-state index contributed by atoms with van der Waals surface area (Å²) in [5.41, 5.74) is 9.21. The molecule has 7 heteroatoms. The first kappa shape index (κ1) is 10.0. The highest BCUT2D eigenvalue weighted by molar-refractivity contribution is 5.80. The molecule has 0 bridgehead atoms. The smallest absolute Gasteiger partial charge is 0.292 e. The summed E-state index contributed by atoms with van der Waals surface area (Å²) in [4.78, 5) is 8.56. The van der Waals surface area contributed by atoms with Gasteiger partial charge in [-0.1, -0.05) is 0 Å². The minimum Gasteiger partial charge on any atom is -0.424 e. The predicted molar refractivity (Wildman–Crippen MR) is 68.2 cm³/mol. The number of rotatable bonds is 1. The molecule has 0 fully saturated rings. The molecule has 4 rings (SSSR count). The van der Waals surface area contributed by atoms with Gasteiger partial charge in [0.25, 0.3) is 6.01 Å². The summed E-state index contributed by atoms with van der Waals surface area (Å²) in [5, 5.41) is 8.18. The third kappa shape index (κ3) is 1.52. The SMILES string of the molecule is Nc1nc2cc(-c3cnn4nccc4n3)ccc2o1. The summed E-state index contributed by atoms with van der Waals surface area (Å²) >= 11 is 0. The van der Waals surface area contributed by atoms with E-state index in [0.717, 1.165) is 11.3 Å². The highest BCUT2D eigenvalue weighted by atomic mass is 16.4. The van der Waals surface area contributed by atoms with Crippen molar-refractivity contribution >= 4 is 22.8 Å². The maximum Gasteiger partial charge on any atom is 0.292 e. The molecule has 0 saturated carbocycles. The number of anilines is 1. The normalized spacial score (nSPS) is 11.4. The summed E-state index contributed by atoms with van der Waals surface area (Å²) in [7, 11) is 0. The molecule has 0 spiro atoms. The number of fused-ring (bicyclic) bond motifs is 2. The van der Waals surface area contributed by atoms with Gasteiger partial charge in [-0.3, -0.25) is 0 Å². The quantitative estimate of drug-likeness (QED) is 0.551. The molecule has 3 heterocycles. The molecule has 0 aliphatic rings. The average molecular weight is 252 g/mol. The van der Waals surface area contributed by atoms with Gasteiger partial charge in [0, 0.05) is 11.6 Å². The van der Waals surface area contributed by atoms with Gasteiger partial charge in [0.1, 0.15) is 5.52 Å². The number of nitrogen functional groups attached to an aromatic ring is 1. The van der Waals surface area contributed by atoms with E-state index in [1.165, 1.54) is 4.63 Å². The second-order valence-corrected chi connectivity index (χ2v) is 4.06. The molecule has 0 saturated heterocycles. The van der Waals surface area contributed by atoms with Crippen molar-refractivity contribution in [2.24, 2.45) is 0 Å². The summed E-state index contributed by atoms with van der Waals surface area (Å²) in [6.45, 7) is 0. The van der Waals surface area contributed by atoms with Crippen LogP contribution in [0.1, 0.15) is 0 Å². The first-order valence-corrected chi connectivity index (χ1v) is 5.63. The molecule has 2 N–H and O–H groups in total. The first-order valence-electron chi connectivity index (χ1n) is 5.63. The Labute approximate surface area is 106 Å². The van der Waals surface area contributed by atoms with Crippen LogP contribution in [0.3, 0.4) is 0 Å². The van der Waals surface area contributed by atoms with Crippen LogP contribution in [0.25, 0.3) is 28.0 Å². The van der Waals surface area contributed by atoms with E-state index in [1.807, 2.05) is 18.2 Å². The van der Waals surface area contributed by atoms with Crippen LogP contribution in [0.2, 0.25) is 0 Å². The standard InChI is InChI=1S/C12H8N6O/c13-12-17-8-5-7(1-2-10(8)19-12)9-6-15-18-11(16-9)3-4-14-18/h1-6H,(H2,13,17). The van der Waals surface area contributed by atoms with Crippen molar-refractivity contribution in [1.29, 1.82) is 0 Å². The Bertz CT molecular complexity index is 893. The van der Waals surface area contributed by atoms with Gasteiger partial charge in [-0.2, -0.15) is 15.2 Å². The third-order valence-corrected chi connectivity index (χ3v) is 2.83. The highest BCUT2D eigenvalue weighted by Crippen LogP contribution is 2.23. The summed E-state index contributed by atoms with van der Waals surface area (Å²) in [5.74, 6) is 0. The number of aromatic nitrogens is 5. The molecule has 1 aromatic carbocycles. The van der Waals surface area contributed by atoms with E-state index < -0.39 is 0 Å².